The van der Waals surface area contributed by atoms with Crippen LogP contribution in [-0.2, 0) is 9.59 Å². The van der Waals surface area contributed by atoms with Gasteiger partial charge in [-0.05, 0) is 24.5 Å². The number of amides is 1. The topological polar surface area (TPSA) is 66.4 Å². The average Bonchev–Trinajstić information content (AvgIpc) is 2.32. The summed E-state index contributed by atoms with van der Waals surface area (Å²) in [5.74, 6) is -0.394. The van der Waals surface area contributed by atoms with Crippen molar-refractivity contribution in [1.82, 2.24) is 5.32 Å². The predicted molar refractivity (Wildman–Crippen MR) is 68.5 cm³/mol. The highest BCUT2D eigenvalue weighted by atomic mass is 32.2. The molecule has 0 unspecified atom stereocenters. The first-order valence-electron chi connectivity index (χ1n) is 5.32. The number of carboxylic acid groups (broad SMARTS) is 1. The number of hydrogen-bond acceptors (Lipinski definition) is 3. The fourth-order valence-corrected chi connectivity index (χ4v) is 2.57. The summed E-state index contributed by atoms with van der Waals surface area (Å²) in [5.41, 5.74) is 2.25. The molecule has 0 atom stereocenters. The Morgan fingerprint density at radius 3 is 2.82 bits per heavy atom. The summed E-state index contributed by atoms with van der Waals surface area (Å²) in [7, 11) is 0. The number of carbonyl (C=O) groups excluding carboxylic acids is 1. The lowest BCUT2D eigenvalue weighted by Gasteiger charge is -2.20. The summed E-state index contributed by atoms with van der Waals surface area (Å²) in [6, 6.07) is 0. The lowest BCUT2D eigenvalue weighted by molar-refractivity contribution is -0.131. The fraction of sp³-hybridized carbons (Fsp3) is 0.333. The van der Waals surface area contributed by atoms with Gasteiger partial charge in [0.1, 0.15) is 4.91 Å². The molecule has 0 aromatic rings. The van der Waals surface area contributed by atoms with Crippen LogP contribution in [0, 0.1) is 0 Å². The Hall–Kier alpha value is -1.49. The Labute approximate surface area is 104 Å². The number of allylic oxidation sites excluding steroid dienone is 2. The minimum absolute atomic E-state index is 0.197. The highest BCUT2D eigenvalue weighted by Gasteiger charge is 2.22. The van der Waals surface area contributed by atoms with Gasteiger partial charge in [-0.1, -0.05) is 19.1 Å². The smallest absolute Gasteiger partial charge is 0.344 e. The van der Waals surface area contributed by atoms with Crippen LogP contribution < -0.4 is 5.32 Å². The number of rotatable bonds is 5. The monoisotopic (exact) mass is 253 g/mol. The van der Waals surface area contributed by atoms with Crippen molar-refractivity contribution < 1.29 is 14.7 Å². The molecule has 17 heavy (non-hydrogen) atoms. The lowest BCUT2D eigenvalue weighted by Crippen LogP contribution is -2.20. The Kier molecular flexibility index (Phi) is 5.03. The van der Waals surface area contributed by atoms with E-state index in [1.165, 1.54) is 11.8 Å². The van der Waals surface area contributed by atoms with Crippen molar-refractivity contribution in [2.45, 2.75) is 20.3 Å². The van der Waals surface area contributed by atoms with E-state index in [9.17, 15) is 9.59 Å². The Morgan fingerprint density at radius 1 is 1.65 bits per heavy atom. The van der Waals surface area contributed by atoms with Gasteiger partial charge in [0, 0.05) is 5.75 Å². The van der Waals surface area contributed by atoms with Gasteiger partial charge in [-0.15, -0.1) is 11.8 Å². The van der Waals surface area contributed by atoms with Gasteiger partial charge < -0.3 is 10.4 Å². The molecule has 0 fully saturated rings. The largest absolute Gasteiger partial charge is 0.477 e. The van der Waals surface area contributed by atoms with Gasteiger partial charge in [0.15, 0.2) is 0 Å². The molecule has 1 amide bonds. The van der Waals surface area contributed by atoms with E-state index >= 15 is 0 Å². The summed E-state index contributed by atoms with van der Waals surface area (Å²) in [5, 5.41) is 11.6. The zero-order chi connectivity index (χ0) is 12.8. The summed E-state index contributed by atoms with van der Waals surface area (Å²) in [6.45, 7) is 3.90. The van der Waals surface area contributed by atoms with Crippen LogP contribution in [0.3, 0.4) is 0 Å². The maximum atomic E-state index is 11.1. The average molecular weight is 253 g/mol. The van der Waals surface area contributed by atoms with Crippen LogP contribution in [0.25, 0.3) is 0 Å². The van der Waals surface area contributed by atoms with E-state index in [1.54, 1.807) is 0 Å². The van der Waals surface area contributed by atoms with Crippen LogP contribution >= 0.6 is 11.8 Å². The minimum atomic E-state index is -1.00. The lowest BCUT2D eigenvalue weighted by atomic mass is 9.99. The molecule has 0 radical (unpaired) electrons. The van der Waals surface area contributed by atoms with Crippen molar-refractivity contribution in [3.63, 3.8) is 0 Å². The first-order chi connectivity index (χ1) is 8.15. The van der Waals surface area contributed by atoms with E-state index in [-0.39, 0.29) is 4.91 Å². The van der Waals surface area contributed by atoms with Gasteiger partial charge in [0.25, 0.3) is 0 Å². The van der Waals surface area contributed by atoms with Crippen molar-refractivity contribution in [3.05, 3.63) is 33.9 Å². The standard InChI is InChI=1S/C12H15NO3S/c1-3-8(4-2)9-5-6-17-11(12(15)16)10(9)13-7-14/h3,5,7H,4,6H2,1-2H3,(H,13,14)(H,15,16). The van der Waals surface area contributed by atoms with Crippen molar-refractivity contribution in [2.75, 3.05) is 5.75 Å². The van der Waals surface area contributed by atoms with Gasteiger partial charge in [0.2, 0.25) is 6.41 Å². The van der Waals surface area contributed by atoms with Crippen molar-refractivity contribution >= 4 is 24.1 Å². The van der Waals surface area contributed by atoms with E-state index in [4.69, 9.17) is 5.11 Å². The zero-order valence-electron chi connectivity index (χ0n) is 9.82. The second kappa shape index (κ2) is 6.30. The van der Waals surface area contributed by atoms with Crippen LogP contribution in [0.4, 0.5) is 0 Å². The molecule has 92 valence electrons. The molecule has 0 aromatic heterocycles. The first kappa shape index (κ1) is 13.6. The predicted octanol–water partition coefficient (Wildman–Crippen LogP) is 2.06. The molecular formula is C12H15NO3S. The van der Waals surface area contributed by atoms with Crippen molar-refractivity contribution in [2.24, 2.45) is 0 Å². The molecule has 1 rings (SSSR count). The molecule has 2 N–H and O–H groups in total. The highest BCUT2D eigenvalue weighted by Crippen LogP contribution is 2.33. The van der Waals surface area contributed by atoms with Gasteiger partial charge in [-0.25, -0.2) is 4.79 Å². The van der Waals surface area contributed by atoms with Crippen molar-refractivity contribution in [3.8, 4) is 0 Å². The Balaban J connectivity index is 3.24. The fourth-order valence-electron chi connectivity index (χ4n) is 1.72. The third-order valence-corrected chi connectivity index (χ3v) is 3.49. The Morgan fingerprint density at radius 2 is 2.35 bits per heavy atom. The molecule has 0 aliphatic carbocycles. The maximum absolute atomic E-state index is 11.1. The number of aliphatic carboxylic acids is 1. The van der Waals surface area contributed by atoms with Crippen LogP contribution in [0.15, 0.2) is 33.9 Å². The van der Waals surface area contributed by atoms with E-state index < -0.39 is 5.97 Å². The van der Waals surface area contributed by atoms with E-state index in [1.807, 2.05) is 26.0 Å². The minimum Gasteiger partial charge on any atom is -0.477 e. The number of thioether (sulfide) groups is 1. The van der Waals surface area contributed by atoms with Crippen LogP contribution in [-0.4, -0.2) is 23.2 Å². The molecule has 0 aromatic carbocycles. The Bertz CT molecular complexity index is 421. The van der Waals surface area contributed by atoms with E-state index in [2.05, 4.69) is 5.32 Å². The normalized spacial score (nSPS) is 16.6. The van der Waals surface area contributed by atoms with Gasteiger partial charge >= 0.3 is 5.97 Å². The summed E-state index contributed by atoms with van der Waals surface area (Å²) >= 11 is 1.22. The third-order valence-electron chi connectivity index (χ3n) is 2.48. The van der Waals surface area contributed by atoms with Crippen LogP contribution in [0.5, 0.6) is 0 Å². The zero-order valence-corrected chi connectivity index (χ0v) is 10.6. The molecule has 1 heterocycles. The molecule has 0 bridgehead atoms. The molecule has 0 saturated heterocycles. The second-order valence-corrected chi connectivity index (χ2v) is 4.40. The van der Waals surface area contributed by atoms with E-state index in [0.29, 0.717) is 17.9 Å². The maximum Gasteiger partial charge on any atom is 0.344 e. The van der Waals surface area contributed by atoms with Gasteiger partial charge in [-0.2, -0.15) is 0 Å². The quantitative estimate of drug-likeness (QED) is 0.736. The number of hydrogen-bond donors (Lipinski definition) is 2. The molecule has 1 aliphatic rings. The van der Waals surface area contributed by atoms with E-state index in [0.717, 1.165) is 17.6 Å². The van der Waals surface area contributed by atoms with Gasteiger partial charge in [-0.3, -0.25) is 4.79 Å². The van der Waals surface area contributed by atoms with Gasteiger partial charge in [0.05, 0.1) is 5.70 Å². The number of nitrogens with one attached hydrogen (secondary N) is 1. The number of carbonyl (C=O) groups is 2. The molecule has 0 spiro atoms. The summed E-state index contributed by atoms with van der Waals surface area (Å²) in [4.78, 5) is 21.9. The molecule has 4 nitrogen and oxygen atoms in total. The SMILES string of the molecule is CC=C(CC)C1=CCSC(C(=O)O)=C1NC=O. The van der Waals surface area contributed by atoms with Crippen LogP contribution in [0.2, 0.25) is 0 Å². The summed E-state index contributed by atoms with van der Waals surface area (Å²) in [6.07, 6.45) is 5.19. The third kappa shape index (κ3) is 3.00. The molecule has 1 aliphatic heterocycles. The first-order valence-corrected chi connectivity index (χ1v) is 6.30. The number of carboxylic acids is 1. The molecule has 5 heteroatoms. The van der Waals surface area contributed by atoms with Crippen LogP contribution in [0.1, 0.15) is 20.3 Å². The second-order valence-electron chi connectivity index (χ2n) is 3.37. The molecular weight excluding hydrogens is 238 g/mol. The summed E-state index contributed by atoms with van der Waals surface area (Å²) < 4.78 is 0. The molecule has 0 saturated carbocycles. The van der Waals surface area contributed by atoms with Crippen molar-refractivity contribution in [1.29, 1.82) is 0 Å². The highest BCUT2D eigenvalue weighted by molar-refractivity contribution is 8.04.